The van der Waals surface area contributed by atoms with Gasteiger partial charge in [0.1, 0.15) is 11.5 Å². The number of fused-ring (bicyclic) bond motifs is 3. The fourth-order valence-electron chi connectivity index (χ4n) is 2.87. The second kappa shape index (κ2) is 5.79. The van der Waals surface area contributed by atoms with Gasteiger partial charge >= 0.3 is 0 Å². The van der Waals surface area contributed by atoms with Crippen molar-refractivity contribution in [2.45, 2.75) is 0 Å². The van der Waals surface area contributed by atoms with Crippen LogP contribution in [0.25, 0.3) is 21.8 Å². The maximum absolute atomic E-state index is 5.60. The van der Waals surface area contributed by atoms with Gasteiger partial charge in [-0.2, -0.15) is 0 Å². The summed E-state index contributed by atoms with van der Waals surface area (Å²) in [6.45, 7) is 0. The molecule has 0 aliphatic carbocycles. The van der Waals surface area contributed by atoms with Gasteiger partial charge in [-0.1, -0.05) is 0 Å². The fourth-order valence-corrected chi connectivity index (χ4v) is 2.87. The van der Waals surface area contributed by atoms with E-state index in [0.717, 1.165) is 21.8 Å². The molecular formula is C17H19NO5. The van der Waals surface area contributed by atoms with Crippen LogP contribution in [0.15, 0.2) is 18.2 Å². The molecule has 0 fully saturated rings. The van der Waals surface area contributed by atoms with Crippen molar-refractivity contribution in [1.82, 2.24) is 4.98 Å². The van der Waals surface area contributed by atoms with Crippen molar-refractivity contribution in [3.63, 3.8) is 0 Å². The Hall–Kier alpha value is -2.76. The van der Waals surface area contributed by atoms with Gasteiger partial charge in [0.15, 0.2) is 11.5 Å². The van der Waals surface area contributed by atoms with Crippen molar-refractivity contribution in [2.24, 2.45) is 0 Å². The fraction of sp³-hybridized carbons (Fsp3) is 0.294. The van der Waals surface area contributed by atoms with Crippen molar-refractivity contribution in [1.29, 1.82) is 0 Å². The second-order valence-corrected chi connectivity index (χ2v) is 4.95. The predicted molar refractivity (Wildman–Crippen MR) is 88.6 cm³/mol. The van der Waals surface area contributed by atoms with E-state index in [9.17, 15) is 0 Å². The summed E-state index contributed by atoms with van der Waals surface area (Å²) in [4.78, 5) is 3.35. The smallest absolute Gasteiger partial charge is 0.204 e. The highest BCUT2D eigenvalue weighted by Crippen LogP contribution is 2.48. The average molecular weight is 317 g/mol. The number of rotatable bonds is 5. The van der Waals surface area contributed by atoms with Crippen LogP contribution in [-0.2, 0) is 0 Å². The summed E-state index contributed by atoms with van der Waals surface area (Å²) in [5.74, 6) is 3.13. The summed E-state index contributed by atoms with van der Waals surface area (Å²) >= 11 is 0. The minimum absolute atomic E-state index is 0.543. The summed E-state index contributed by atoms with van der Waals surface area (Å²) in [5, 5.41) is 1.78. The van der Waals surface area contributed by atoms with Crippen molar-refractivity contribution in [3.05, 3.63) is 18.2 Å². The largest absolute Gasteiger partial charge is 0.497 e. The lowest BCUT2D eigenvalue weighted by molar-refractivity contribution is 0.327. The Kier molecular flexibility index (Phi) is 3.82. The van der Waals surface area contributed by atoms with E-state index in [4.69, 9.17) is 23.7 Å². The van der Waals surface area contributed by atoms with Crippen LogP contribution >= 0.6 is 0 Å². The van der Waals surface area contributed by atoms with Crippen LogP contribution in [0.3, 0.4) is 0 Å². The molecule has 0 atom stereocenters. The van der Waals surface area contributed by atoms with E-state index in [-0.39, 0.29) is 0 Å². The van der Waals surface area contributed by atoms with E-state index < -0.39 is 0 Å². The Morgan fingerprint density at radius 2 is 1.26 bits per heavy atom. The molecule has 0 spiro atoms. The van der Waals surface area contributed by atoms with Gasteiger partial charge in [-0.05, 0) is 0 Å². The van der Waals surface area contributed by atoms with Crippen molar-refractivity contribution in [3.8, 4) is 28.7 Å². The Balaban J connectivity index is 2.51. The molecule has 0 amide bonds. The molecule has 1 aromatic heterocycles. The number of H-pyrrole nitrogens is 1. The SMILES string of the molecule is COc1cc(OC)c2c(c1)[nH]c1cc(OC)c(OC)c(OC)c12. The summed E-state index contributed by atoms with van der Waals surface area (Å²) in [7, 11) is 8.03. The summed E-state index contributed by atoms with van der Waals surface area (Å²) < 4.78 is 27.3. The normalized spacial score (nSPS) is 10.8. The van der Waals surface area contributed by atoms with Gasteiger partial charge in [0.2, 0.25) is 5.75 Å². The van der Waals surface area contributed by atoms with Crippen LogP contribution < -0.4 is 23.7 Å². The van der Waals surface area contributed by atoms with Crippen LogP contribution in [0, 0.1) is 0 Å². The molecule has 6 nitrogen and oxygen atoms in total. The van der Waals surface area contributed by atoms with Crippen molar-refractivity contribution in [2.75, 3.05) is 35.5 Å². The zero-order valence-corrected chi connectivity index (χ0v) is 13.8. The number of methoxy groups -OCH3 is 5. The first kappa shape index (κ1) is 15.1. The Labute approximate surface area is 133 Å². The lowest BCUT2D eigenvalue weighted by Crippen LogP contribution is -1.95. The Morgan fingerprint density at radius 3 is 1.83 bits per heavy atom. The van der Waals surface area contributed by atoms with E-state index >= 15 is 0 Å². The van der Waals surface area contributed by atoms with Gasteiger partial charge in [-0.3, -0.25) is 0 Å². The number of ether oxygens (including phenoxy) is 5. The summed E-state index contributed by atoms with van der Waals surface area (Å²) in [6.07, 6.45) is 0. The van der Waals surface area contributed by atoms with Gasteiger partial charge in [0.05, 0.1) is 57.4 Å². The zero-order chi connectivity index (χ0) is 16.6. The zero-order valence-electron chi connectivity index (χ0n) is 13.8. The number of aromatic amines is 1. The molecule has 3 aromatic rings. The molecule has 6 heteroatoms. The third kappa shape index (κ3) is 2.18. The molecule has 0 bridgehead atoms. The first-order chi connectivity index (χ1) is 11.2. The maximum Gasteiger partial charge on any atom is 0.204 e. The molecule has 0 saturated heterocycles. The lowest BCUT2D eigenvalue weighted by Gasteiger charge is -2.13. The van der Waals surface area contributed by atoms with Gasteiger partial charge in [0.25, 0.3) is 0 Å². The van der Waals surface area contributed by atoms with Crippen molar-refractivity contribution >= 4 is 21.8 Å². The quantitative estimate of drug-likeness (QED) is 0.782. The summed E-state index contributed by atoms with van der Waals surface area (Å²) in [5.41, 5.74) is 1.74. The van der Waals surface area contributed by atoms with Crippen LogP contribution in [0.1, 0.15) is 0 Å². The van der Waals surface area contributed by atoms with Crippen LogP contribution in [0.4, 0.5) is 0 Å². The molecule has 2 aromatic carbocycles. The lowest BCUT2D eigenvalue weighted by atomic mass is 10.1. The van der Waals surface area contributed by atoms with Gasteiger partial charge in [-0.25, -0.2) is 0 Å². The number of hydrogen-bond donors (Lipinski definition) is 1. The highest BCUT2D eigenvalue weighted by molar-refractivity contribution is 6.15. The molecule has 3 rings (SSSR count). The molecular weight excluding hydrogens is 298 g/mol. The van der Waals surface area contributed by atoms with Crippen LogP contribution in [-0.4, -0.2) is 40.5 Å². The minimum Gasteiger partial charge on any atom is -0.497 e. The molecule has 23 heavy (non-hydrogen) atoms. The maximum atomic E-state index is 5.60. The first-order valence-corrected chi connectivity index (χ1v) is 7.04. The van der Waals surface area contributed by atoms with Gasteiger partial charge in [-0.15, -0.1) is 0 Å². The molecule has 0 radical (unpaired) electrons. The Morgan fingerprint density at radius 1 is 0.609 bits per heavy atom. The average Bonchev–Trinajstić information content (AvgIpc) is 2.96. The van der Waals surface area contributed by atoms with E-state index in [0.29, 0.717) is 28.7 Å². The molecule has 122 valence electrons. The third-order valence-electron chi connectivity index (χ3n) is 3.88. The Bertz CT molecular complexity index is 869. The number of hydrogen-bond acceptors (Lipinski definition) is 5. The van der Waals surface area contributed by atoms with Crippen LogP contribution in [0.2, 0.25) is 0 Å². The molecule has 1 N–H and O–H groups in total. The van der Waals surface area contributed by atoms with Crippen LogP contribution in [0.5, 0.6) is 28.7 Å². The molecule has 0 saturated carbocycles. The van der Waals surface area contributed by atoms with Gasteiger partial charge in [0, 0.05) is 18.2 Å². The second-order valence-electron chi connectivity index (χ2n) is 4.95. The van der Waals surface area contributed by atoms with E-state index in [1.165, 1.54) is 0 Å². The number of nitrogens with one attached hydrogen (secondary N) is 1. The third-order valence-corrected chi connectivity index (χ3v) is 3.88. The van der Waals surface area contributed by atoms with E-state index in [2.05, 4.69) is 4.98 Å². The monoisotopic (exact) mass is 317 g/mol. The standard InChI is InChI=1S/C17H19NO5/c1-19-9-6-10-14(12(7-9)20-2)15-11(18-10)8-13(21-3)16(22-4)17(15)23-5/h6-8,18H,1-5H3. The highest BCUT2D eigenvalue weighted by atomic mass is 16.5. The van der Waals surface area contributed by atoms with Crippen molar-refractivity contribution < 1.29 is 23.7 Å². The first-order valence-electron chi connectivity index (χ1n) is 7.04. The number of aromatic nitrogens is 1. The summed E-state index contributed by atoms with van der Waals surface area (Å²) in [6, 6.07) is 5.63. The highest BCUT2D eigenvalue weighted by Gasteiger charge is 2.22. The topological polar surface area (TPSA) is 61.9 Å². The number of benzene rings is 2. The van der Waals surface area contributed by atoms with Gasteiger partial charge < -0.3 is 28.7 Å². The molecule has 0 unspecified atom stereocenters. The molecule has 1 heterocycles. The minimum atomic E-state index is 0.543. The van der Waals surface area contributed by atoms with E-state index in [1.54, 1.807) is 35.5 Å². The van der Waals surface area contributed by atoms with E-state index in [1.807, 2.05) is 18.2 Å². The molecule has 0 aliphatic rings. The predicted octanol–water partition coefficient (Wildman–Crippen LogP) is 3.36. The molecule has 0 aliphatic heterocycles.